The molecule has 0 amide bonds. The Hall–Kier alpha value is -2.67. The molecule has 1 aromatic heterocycles. The zero-order valence-corrected chi connectivity index (χ0v) is 11.7. The second-order valence-electron chi connectivity index (χ2n) is 4.36. The molecule has 0 bridgehead atoms. The zero-order chi connectivity index (χ0) is 15.4. The third kappa shape index (κ3) is 3.26. The van der Waals surface area contributed by atoms with Crippen molar-refractivity contribution in [1.29, 1.82) is 0 Å². The molecule has 0 spiro atoms. The normalized spacial score (nSPS) is 10.2. The Balaban J connectivity index is 2.33. The van der Waals surface area contributed by atoms with E-state index in [1.165, 1.54) is 25.3 Å². The van der Waals surface area contributed by atoms with Crippen LogP contribution in [0.1, 0.15) is 11.1 Å². The van der Waals surface area contributed by atoms with Crippen LogP contribution in [0.25, 0.3) is 0 Å². The van der Waals surface area contributed by atoms with E-state index in [1.54, 1.807) is 6.20 Å². The average Bonchev–Trinajstić information content (AvgIpc) is 2.49. The van der Waals surface area contributed by atoms with Crippen LogP contribution in [0, 0.1) is 17.0 Å². The lowest BCUT2D eigenvalue weighted by Gasteiger charge is -2.11. The summed E-state index contributed by atoms with van der Waals surface area (Å²) in [5, 5.41) is 10.7. The first kappa shape index (κ1) is 14.7. The highest BCUT2D eigenvalue weighted by Crippen LogP contribution is 2.34. The van der Waals surface area contributed by atoms with Gasteiger partial charge in [-0.25, -0.2) is 4.98 Å². The van der Waals surface area contributed by atoms with Crippen molar-refractivity contribution in [1.82, 2.24) is 4.98 Å². The van der Waals surface area contributed by atoms with Gasteiger partial charge in [0.25, 0.3) is 5.69 Å². The molecular formula is C14H15N3O4. The van der Waals surface area contributed by atoms with Crippen molar-refractivity contribution in [2.45, 2.75) is 13.5 Å². The number of nitro benzene ring substituents is 1. The minimum Gasteiger partial charge on any atom is -0.493 e. The summed E-state index contributed by atoms with van der Waals surface area (Å²) in [6, 6.07) is 6.01. The summed E-state index contributed by atoms with van der Waals surface area (Å²) in [6.07, 6.45) is 1.63. The molecule has 7 heteroatoms. The molecule has 0 saturated carbocycles. The molecule has 21 heavy (non-hydrogen) atoms. The molecule has 7 nitrogen and oxygen atoms in total. The lowest BCUT2D eigenvalue weighted by molar-refractivity contribution is -0.384. The molecule has 0 aliphatic heterocycles. The van der Waals surface area contributed by atoms with E-state index < -0.39 is 4.92 Å². The number of methoxy groups -OCH3 is 1. The molecule has 110 valence electrons. The van der Waals surface area contributed by atoms with Gasteiger partial charge in [-0.05, 0) is 24.6 Å². The van der Waals surface area contributed by atoms with Gasteiger partial charge in [-0.3, -0.25) is 10.1 Å². The Bertz CT molecular complexity index is 673. The van der Waals surface area contributed by atoms with E-state index in [-0.39, 0.29) is 11.4 Å². The van der Waals surface area contributed by atoms with Crippen LogP contribution in [0.3, 0.4) is 0 Å². The molecule has 0 atom stereocenters. The summed E-state index contributed by atoms with van der Waals surface area (Å²) in [5.41, 5.74) is 7.20. The van der Waals surface area contributed by atoms with E-state index in [2.05, 4.69) is 4.98 Å². The molecule has 2 N–H and O–H groups in total. The lowest BCUT2D eigenvalue weighted by atomic mass is 10.2. The van der Waals surface area contributed by atoms with E-state index in [4.69, 9.17) is 15.2 Å². The van der Waals surface area contributed by atoms with Gasteiger partial charge in [-0.2, -0.15) is 0 Å². The molecule has 0 radical (unpaired) electrons. The zero-order valence-electron chi connectivity index (χ0n) is 11.7. The third-order valence-corrected chi connectivity index (χ3v) is 2.89. The summed E-state index contributed by atoms with van der Waals surface area (Å²) in [7, 11) is 1.42. The standard InChI is InChI=1S/C14H15N3O4/c1-9-5-10(7-15)8-16-14(9)21-12-4-3-11(17(18)19)6-13(12)20-2/h3-6,8H,7,15H2,1-2H3. The predicted molar refractivity (Wildman–Crippen MR) is 76.6 cm³/mol. The van der Waals surface area contributed by atoms with Gasteiger partial charge in [0.1, 0.15) is 0 Å². The van der Waals surface area contributed by atoms with Crippen LogP contribution < -0.4 is 15.2 Å². The monoisotopic (exact) mass is 289 g/mol. The molecule has 2 aromatic rings. The number of non-ortho nitro benzene ring substituents is 1. The Morgan fingerprint density at radius 2 is 2.10 bits per heavy atom. The first-order chi connectivity index (χ1) is 10.0. The number of nitrogens with two attached hydrogens (primary N) is 1. The lowest BCUT2D eigenvalue weighted by Crippen LogP contribution is -2.00. The second kappa shape index (κ2) is 6.19. The van der Waals surface area contributed by atoms with Crippen LogP contribution in [0.15, 0.2) is 30.5 Å². The number of hydrogen-bond acceptors (Lipinski definition) is 6. The summed E-state index contributed by atoms with van der Waals surface area (Å²) in [6.45, 7) is 2.24. The van der Waals surface area contributed by atoms with Gasteiger partial charge < -0.3 is 15.2 Å². The number of aromatic nitrogens is 1. The molecular weight excluding hydrogens is 274 g/mol. The van der Waals surface area contributed by atoms with Crippen LogP contribution in [0.2, 0.25) is 0 Å². The highest BCUT2D eigenvalue weighted by atomic mass is 16.6. The van der Waals surface area contributed by atoms with Crippen LogP contribution in [0.4, 0.5) is 5.69 Å². The summed E-state index contributed by atoms with van der Waals surface area (Å²) < 4.78 is 10.8. The van der Waals surface area contributed by atoms with Crippen LogP contribution in [0.5, 0.6) is 17.4 Å². The van der Waals surface area contributed by atoms with Gasteiger partial charge in [-0.1, -0.05) is 0 Å². The molecule has 0 unspecified atom stereocenters. The molecule has 0 fully saturated rings. The van der Waals surface area contributed by atoms with Crippen molar-refractivity contribution >= 4 is 5.69 Å². The molecule has 0 aliphatic rings. The molecule has 1 aromatic carbocycles. The topological polar surface area (TPSA) is 101 Å². The van der Waals surface area contributed by atoms with Crippen molar-refractivity contribution < 1.29 is 14.4 Å². The largest absolute Gasteiger partial charge is 0.493 e. The number of nitro groups is 1. The van der Waals surface area contributed by atoms with E-state index in [9.17, 15) is 10.1 Å². The van der Waals surface area contributed by atoms with E-state index in [0.717, 1.165) is 11.1 Å². The fourth-order valence-corrected chi connectivity index (χ4v) is 1.80. The van der Waals surface area contributed by atoms with Gasteiger partial charge in [0.05, 0.1) is 18.1 Å². The number of ether oxygens (including phenoxy) is 2. The van der Waals surface area contributed by atoms with E-state index >= 15 is 0 Å². The number of nitrogens with zero attached hydrogens (tertiary/aromatic N) is 2. The Labute approximate surface area is 121 Å². The Kier molecular flexibility index (Phi) is 4.34. The predicted octanol–water partition coefficient (Wildman–Crippen LogP) is 2.56. The fraction of sp³-hybridized carbons (Fsp3) is 0.214. The molecule has 2 rings (SSSR count). The first-order valence-corrected chi connectivity index (χ1v) is 6.21. The van der Waals surface area contributed by atoms with Crippen molar-refractivity contribution in [3.05, 3.63) is 51.7 Å². The first-order valence-electron chi connectivity index (χ1n) is 6.21. The smallest absolute Gasteiger partial charge is 0.273 e. The van der Waals surface area contributed by atoms with E-state index in [1.807, 2.05) is 13.0 Å². The number of rotatable bonds is 5. The van der Waals surface area contributed by atoms with Crippen molar-refractivity contribution in [2.75, 3.05) is 7.11 Å². The quantitative estimate of drug-likeness (QED) is 0.670. The molecule has 0 saturated heterocycles. The van der Waals surface area contributed by atoms with Gasteiger partial charge >= 0.3 is 0 Å². The SMILES string of the molecule is COc1cc([N+](=O)[O-])ccc1Oc1ncc(CN)cc1C. The van der Waals surface area contributed by atoms with Gasteiger partial charge in [0.15, 0.2) is 11.5 Å². The Morgan fingerprint density at radius 3 is 2.67 bits per heavy atom. The third-order valence-electron chi connectivity index (χ3n) is 2.89. The average molecular weight is 289 g/mol. The molecule has 1 heterocycles. The second-order valence-corrected chi connectivity index (χ2v) is 4.36. The summed E-state index contributed by atoms with van der Waals surface area (Å²) >= 11 is 0. The Morgan fingerprint density at radius 1 is 1.33 bits per heavy atom. The van der Waals surface area contributed by atoms with Crippen LogP contribution in [-0.4, -0.2) is 17.0 Å². The van der Waals surface area contributed by atoms with Crippen LogP contribution >= 0.6 is 0 Å². The van der Waals surface area contributed by atoms with Crippen molar-refractivity contribution in [3.8, 4) is 17.4 Å². The van der Waals surface area contributed by atoms with Crippen molar-refractivity contribution in [3.63, 3.8) is 0 Å². The maximum Gasteiger partial charge on any atom is 0.273 e. The highest BCUT2D eigenvalue weighted by molar-refractivity contribution is 5.50. The molecule has 0 aliphatic carbocycles. The fourth-order valence-electron chi connectivity index (χ4n) is 1.80. The van der Waals surface area contributed by atoms with Gasteiger partial charge in [0.2, 0.25) is 5.88 Å². The number of hydrogen-bond donors (Lipinski definition) is 1. The maximum absolute atomic E-state index is 10.7. The highest BCUT2D eigenvalue weighted by Gasteiger charge is 2.14. The van der Waals surface area contributed by atoms with Crippen molar-refractivity contribution in [2.24, 2.45) is 5.73 Å². The number of aryl methyl sites for hydroxylation is 1. The maximum atomic E-state index is 10.7. The van der Waals surface area contributed by atoms with Gasteiger partial charge in [-0.15, -0.1) is 0 Å². The van der Waals surface area contributed by atoms with E-state index in [0.29, 0.717) is 18.2 Å². The number of benzene rings is 1. The number of pyridine rings is 1. The summed E-state index contributed by atoms with van der Waals surface area (Å²) in [5.74, 6) is 1.03. The minimum atomic E-state index is -0.494. The minimum absolute atomic E-state index is 0.0673. The van der Waals surface area contributed by atoms with Crippen LogP contribution in [-0.2, 0) is 6.54 Å². The summed E-state index contributed by atoms with van der Waals surface area (Å²) in [4.78, 5) is 14.4. The van der Waals surface area contributed by atoms with Gasteiger partial charge in [0, 0.05) is 24.4 Å².